The first kappa shape index (κ1) is 18.4. The molecular weight excluding hydrogens is 322 g/mol. The van der Waals surface area contributed by atoms with E-state index in [0.29, 0.717) is 31.9 Å². The number of carbonyl (C=O) groups is 1. The fourth-order valence-corrected chi connectivity index (χ4v) is 3.99. The minimum Gasteiger partial charge on any atom is -0.386 e. The lowest BCUT2D eigenvalue weighted by atomic mass is 9.77. The summed E-state index contributed by atoms with van der Waals surface area (Å²) >= 11 is 0. The second-order valence-electron chi connectivity index (χ2n) is 7.73. The van der Waals surface area contributed by atoms with Gasteiger partial charge >= 0.3 is 0 Å². The van der Waals surface area contributed by atoms with Crippen LogP contribution in [-0.4, -0.2) is 65.1 Å². The molecule has 2 aliphatic rings. The molecule has 25 heavy (non-hydrogen) atoms. The van der Waals surface area contributed by atoms with Crippen molar-refractivity contribution in [2.75, 3.05) is 26.7 Å². The van der Waals surface area contributed by atoms with E-state index in [4.69, 9.17) is 9.26 Å². The van der Waals surface area contributed by atoms with Crippen LogP contribution in [-0.2, 0) is 16.0 Å². The topological polar surface area (TPSA) is 87.8 Å². The van der Waals surface area contributed by atoms with Crippen molar-refractivity contribution in [1.29, 1.82) is 0 Å². The molecule has 2 atom stereocenters. The lowest BCUT2D eigenvalue weighted by Crippen LogP contribution is -2.62. The van der Waals surface area contributed by atoms with Gasteiger partial charge in [0.15, 0.2) is 0 Å². The first-order chi connectivity index (χ1) is 11.8. The highest BCUT2D eigenvalue weighted by Gasteiger charge is 2.48. The Morgan fingerprint density at radius 1 is 1.40 bits per heavy atom. The summed E-state index contributed by atoms with van der Waals surface area (Å²) in [6.07, 6.45) is 2.70. The van der Waals surface area contributed by atoms with Crippen molar-refractivity contribution in [2.45, 2.75) is 63.7 Å². The van der Waals surface area contributed by atoms with Gasteiger partial charge in [0.1, 0.15) is 11.4 Å². The molecule has 2 N–H and O–H groups in total. The molecule has 2 fully saturated rings. The Morgan fingerprint density at radius 3 is 2.64 bits per heavy atom. The fraction of sp³-hybridized carbons (Fsp3) is 0.778. The number of nitrogens with zero attached hydrogens (tertiary/aromatic N) is 2. The van der Waals surface area contributed by atoms with Crippen molar-refractivity contribution in [3.63, 3.8) is 0 Å². The number of hydrogen-bond donors (Lipinski definition) is 2. The number of likely N-dealkylation sites (tertiary alicyclic amines) is 1. The minimum atomic E-state index is -0.851. The van der Waals surface area contributed by atoms with Gasteiger partial charge in [0.05, 0.1) is 24.3 Å². The molecule has 0 aliphatic carbocycles. The molecule has 2 saturated heterocycles. The molecular formula is C18H29N3O4. The van der Waals surface area contributed by atoms with Gasteiger partial charge in [-0.3, -0.25) is 4.79 Å². The van der Waals surface area contributed by atoms with E-state index in [2.05, 4.69) is 10.5 Å². The molecule has 2 aliphatic heterocycles. The number of amides is 1. The Morgan fingerprint density at radius 2 is 2.08 bits per heavy atom. The Kier molecular flexibility index (Phi) is 4.92. The highest BCUT2D eigenvalue weighted by molar-refractivity contribution is 5.79. The molecule has 140 valence electrons. The van der Waals surface area contributed by atoms with Crippen LogP contribution in [0.5, 0.6) is 0 Å². The molecule has 1 amide bonds. The summed E-state index contributed by atoms with van der Waals surface area (Å²) in [6.45, 7) is 7.20. The Balaban J connectivity index is 1.59. The quantitative estimate of drug-likeness (QED) is 0.843. The largest absolute Gasteiger partial charge is 0.386 e. The van der Waals surface area contributed by atoms with Gasteiger partial charge in [-0.15, -0.1) is 0 Å². The van der Waals surface area contributed by atoms with Crippen LogP contribution in [0.3, 0.4) is 0 Å². The molecule has 0 bridgehead atoms. The van der Waals surface area contributed by atoms with Gasteiger partial charge in [-0.1, -0.05) is 5.16 Å². The van der Waals surface area contributed by atoms with E-state index in [0.717, 1.165) is 30.5 Å². The van der Waals surface area contributed by atoms with Gasteiger partial charge in [-0.05, 0) is 47.1 Å². The van der Waals surface area contributed by atoms with Gasteiger partial charge in [0.25, 0.3) is 0 Å². The van der Waals surface area contributed by atoms with Gasteiger partial charge < -0.3 is 24.6 Å². The number of aryl methyl sites for hydroxylation is 2. The third-order valence-corrected chi connectivity index (χ3v) is 5.88. The highest BCUT2D eigenvalue weighted by atomic mass is 16.5. The molecule has 0 radical (unpaired) electrons. The Labute approximate surface area is 148 Å². The SMILES string of the molecule is CN[C@H]1CC2(CCN(C(=O)Cc3c(C)noc3C)CC2)OC[C@]1(C)O. The number of piperidine rings is 1. The van der Waals surface area contributed by atoms with Crippen LogP contribution in [0, 0.1) is 13.8 Å². The summed E-state index contributed by atoms with van der Waals surface area (Å²) in [7, 11) is 1.88. The first-order valence-corrected chi connectivity index (χ1v) is 8.99. The summed E-state index contributed by atoms with van der Waals surface area (Å²) in [5.41, 5.74) is 0.589. The van der Waals surface area contributed by atoms with Crippen LogP contribution in [0.4, 0.5) is 0 Å². The number of nitrogens with one attached hydrogen (secondary N) is 1. The monoisotopic (exact) mass is 351 g/mol. The summed E-state index contributed by atoms with van der Waals surface area (Å²) < 4.78 is 11.2. The summed E-state index contributed by atoms with van der Waals surface area (Å²) in [4.78, 5) is 14.5. The Hall–Kier alpha value is -1.44. The van der Waals surface area contributed by atoms with Gasteiger partial charge in [-0.25, -0.2) is 0 Å². The maximum absolute atomic E-state index is 12.6. The van der Waals surface area contributed by atoms with E-state index in [1.807, 2.05) is 32.7 Å². The molecule has 0 saturated carbocycles. The van der Waals surface area contributed by atoms with Gasteiger partial charge in [-0.2, -0.15) is 0 Å². The van der Waals surface area contributed by atoms with E-state index in [1.54, 1.807) is 0 Å². The van der Waals surface area contributed by atoms with Crippen LogP contribution in [0.2, 0.25) is 0 Å². The van der Waals surface area contributed by atoms with Crippen molar-refractivity contribution < 1.29 is 19.2 Å². The normalized spacial score (nSPS) is 29.2. The average molecular weight is 351 g/mol. The van der Waals surface area contributed by atoms with Crippen molar-refractivity contribution in [3.05, 3.63) is 17.0 Å². The zero-order valence-electron chi connectivity index (χ0n) is 15.6. The molecule has 7 nitrogen and oxygen atoms in total. The minimum absolute atomic E-state index is 0.00538. The number of likely N-dealkylation sites (N-methyl/N-ethyl adjacent to an activating group) is 1. The standard InChI is InChI=1S/C18H29N3O4/c1-12-14(13(2)25-20-12)9-16(22)21-7-5-18(6-8-21)10-15(19-4)17(3,23)11-24-18/h15,19,23H,5-11H2,1-4H3/t15-,17-/m0/s1. The Bertz CT molecular complexity index is 613. The maximum atomic E-state index is 12.6. The zero-order chi connectivity index (χ0) is 18.2. The van der Waals surface area contributed by atoms with E-state index < -0.39 is 5.60 Å². The van der Waals surface area contributed by atoms with E-state index in [1.165, 1.54) is 0 Å². The smallest absolute Gasteiger partial charge is 0.227 e. The number of rotatable bonds is 3. The van der Waals surface area contributed by atoms with Crippen LogP contribution in [0.1, 0.15) is 43.2 Å². The fourth-order valence-electron chi connectivity index (χ4n) is 3.99. The predicted molar refractivity (Wildman–Crippen MR) is 92.3 cm³/mol. The highest BCUT2D eigenvalue weighted by Crippen LogP contribution is 2.38. The molecule has 1 spiro atoms. The third-order valence-electron chi connectivity index (χ3n) is 5.88. The van der Waals surface area contributed by atoms with E-state index in [9.17, 15) is 9.90 Å². The summed E-state index contributed by atoms with van der Waals surface area (Å²) in [6, 6.07) is 0.00538. The van der Waals surface area contributed by atoms with E-state index >= 15 is 0 Å². The lowest BCUT2D eigenvalue weighted by Gasteiger charge is -2.50. The molecule has 0 unspecified atom stereocenters. The van der Waals surface area contributed by atoms with Crippen LogP contribution in [0.25, 0.3) is 0 Å². The van der Waals surface area contributed by atoms with Crippen LogP contribution < -0.4 is 5.32 Å². The van der Waals surface area contributed by atoms with Crippen LogP contribution >= 0.6 is 0 Å². The first-order valence-electron chi connectivity index (χ1n) is 8.99. The number of aliphatic hydroxyl groups is 1. The number of carbonyl (C=O) groups excluding carboxylic acids is 1. The van der Waals surface area contributed by atoms with Gasteiger partial charge in [0.2, 0.25) is 5.91 Å². The summed E-state index contributed by atoms with van der Waals surface area (Å²) in [5, 5.41) is 17.5. The van der Waals surface area contributed by atoms with Crippen molar-refractivity contribution in [1.82, 2.24) is 15.4 Å². The number of hydrogen-bond acceptors (Lipinski definition) is 6. The second-order valence-corrected chi connectivity index (χ2v) is 7.73. The molecule has 1 aromatic rings. The molecule has 1 aromatic heterocycles. The number of ether oxygens (including phenoxy) is 1. The van der Waals surface area contributed by atoms with E-state index in [-0.39, 0.29) is 17.6 Å². The third kappa shape index (κ3) is 3.59. The second kappa shape index (κ2) is 6.70. The predicted octanol–water partition coefficient (Wildman–Crippen LogP) is 0.954. The van der Waals surface area contributed by atoms with Crippen molar-refractivity contribution in [2.24, 2.45) is 0 Å². The average Bonchev–Trinajstić information content (AvgIpc) is 2.90. The van der Waals surface area contributed by atoms with Crippen molar-refractivity contribution in [3.8, 4) is 0 Å². The van der Waals surface area contributed by atoms with Crippen LogP contribution in [0.15, 0.2) is 4.52 Å². The maximum Gasteiger partial charge on any atom is 0.227 e. The van der Waals surface area contributed by atoms with Crippen molar-refractivity contribution >= 4 is 5.91 Å². The molecule has 7 heteroatoms. The van der Waals surface area contributed by atoms with Gasteiger partial charge in [0, 0.05) is 24.7 Å². The molecule has 0 aromatic carbocycles. The lowest BCUT2D eigenvalue weighted by molar-refractivity contribution is -0.192. The molecule has 3 rings (SSSR count). The summed E-state index contributed by atoms with van der Waals surface area (Å²) in [5.74, 6) is 0.825. The molecule has 3 heterocycles. The zero-order valence-corrected chi connectivity index (χ0v) is 15.6. The number of aromatic nitrogens is 1.